The molecule has 3 atom stereocenters. The number of carbonyl (C=O) groups excluding carboxylic acids is 8. The van der Waals surface area contributed by atoms with E-state index in [1.807, 2.05) is 13.8 Å². The number of carboxylic acid groups (broad SMARTS) is 2. The van der Waals surface area contributed by atoms with Gasteiger partial charge in [0.1, 0.15) is 0 Å². The molecule has 0 spiro atoms. The van der Waals surface area contributed by atoms with Crippen molar-refractivity contribution >= 4 is 47.6 Å². The van der Waals surface area contributed by atoms with Gasteiger partial charge in [-0.3, -0.25) is 48.4 Å². The second-order valence-corrected chi connectivity index (χ2v) is 22.0. The first-order chi connectivity index (χ1) is 37.3. The molecule has 0 aromatic heterocycles. The van der Waals surface area contributed by atoms with Gasteiger partial charge in [0.2, 0.25) is 11.8 Å². The molecule has 3 unspecified atom stereocenters. The fourth-order valence-corrected chi connectivity index (χ4v) is 9.26. The van der Waals surface area contributed by atoms with Crippen molar-refractivity contribution in [3.63, 3.8) is 0 Å². The van der Waals surface area contributed by atoms with Crippen LogP contribution < -0.4 is 45.1 Å². The quantitative estimate of drug-likeness (QED) is 0.0400. The molecular formula is C59H109N7NaO12-. The van der Waals surface area contributed by atoms with E-state index in [-0.39, 0.29) is 106 Å². The molecular weight excluding hydrogens is 1020 g/mol. The number of unbranched alkanes of at least 4 members (excludes halogenated alkanes) is 21. The minimum Gasteiger partial charge on any atom is -0.549 e. The van der Waals surface area contributed by atoms with Crippen LogP contribution in [0.25, 0.3) is 0 Å². The SMILES string of the molecule is CCCCCCCCCCC(C)N(C)C(=O)CN(CCN(CC(=O)[O-])CC(=O)N(C)C(C)CCCCCCCCCC)CC(=O)[O-].CCCCCCCCCCC(C)NC.O=C1CN(CCN2CC(=O)OC(=O)C2)CC(=O)O1.[Na+]. The average Bonchev–Trinajstić information content (AvgIpc) is 3.38. The first-order valence-electron chi connectivity index (χ1n) is 30.2. The van der Waals surface area contributed by atoms with Crippen molar-refractivity contribution in [2.24, 2.45) is 0 Å². The number of esters is 4. The Kier molecular flexibility index (Phi) is 50.0. The minimum atomic E-state index is -1.32. The number of cyclic esters (lactones) is 4. The van der Waals surface area contributed by atoms with E-state index in [0.717, 1.165) is 38.5 Å². The molecule has 2 saturated heterocycles. The Morgan fingerprint density at radius 1 is 0.468 bits per heavy atom. The third-order valence-electron chi connectivity index (χ3n) is 14.8. The maximum Gasteiger partial charge on any atom is 1.00 e. The molecule has 0 aromatic carbocycles. The van der Waals surface area contributed by atoms with Crippen LogP contribution in [0.1, 0.15) is 215 Å². The van der Waals surface area contributed by atoms with Crippen molar-refractivity contribution in [3.8, 4) is 0 Å². The van der Waals surface area contributed by atoms with Crippen LogP contribution in [0.15, 0.2) is 0 Å². The molecule has 0 bridgehead atoms. The summed E-state index contributed by atoms with van der Waals surface area (Å²) in [5, 5.41) is 26.2. The fourth-order valence-electron chi connectivity index (χ4n) is 9.26. The standard InChI is InChI=1S/C36H70N4O6.C13H29N.C10H12N2O6.Na/c1-7-9-11-13-15-17-19-21-23-31(3)37(5)33(41)27-39(29-35(43)44)25-26-40(30-36(45)46)28-34(42)38(6)32(4)24-22-20-18-16-14-12-10-8-2;1-4-5-6-7-8-9-10-11-12-13(2)14-3;13-7-3-11(4-8(14)17-7)1-2-12-5-9(15)18-10(16)6-12;/h31-32H,7-30H2,1-6H3,(H,43,44)(H,45,46);13-14H,4-12H2,1-3H3;1-6H2;/q;;;+1/p-2. The van der Waals surface area contributed by atoms with E-state index in [1.54, 1.807) is 33.7 Å². The van der Waals surface area contributed by atoms with Gasteiger partial charge in [0, 0.05) is 71.5 Å². The number of rotatable bonds is 44. The molecule has 1 N–H and O–H groups in total. The zero-order valence-electron chi connectivity index (χ0n) is 51.4. The number of hydrogen-bond acceptors (Lipinski definition) is 17. The van der Waals surface area contributed by atoms with Crippen LogP contribution in [0, 0.1) is 0 Å². The van der Waals surface area contributed by atoms with Gasteiger partial charge < -0.3 is 44.4 Å². The summed E-state index contributed by atoms with van der Waals surface area (Å²) in [7, 11) is 5.52. The van der Waals surface area contributed by atoms with Crippen LogP contribution in [-0.2, 0) is 47.8 Å². The summed E-state index contributed by atoms with van der Waals surface area (Å²) < 4.78 is 8.76. The molecule has 0 radical (unpaired) electrons. The Morgan fingerprint density at radius 2 is 0.734 bits per heavy atom. The number of nitrogens with zero attached hydrogens (tertiary/aromatic N) is 6. The molecule has 454 valence electrons. The summed E-state index contributed by atoms with van der Waals surface area (Å²) in [6.07, 6.45) is 34.0. The number of ether oxygens (including phenoxy) is 2. The van der Waals surface area contributed by atoms with Gasteiger partial charge >= 0.3 is 53.4 Å². The van der Waals surface area contributed by atoms with E-state index >= 15 is 0 Å². The molecule has 0 aromatic rings. The van der Waals surface area contributed by atoms with Gasteiger partial charge in [0.25, 0.3) is 0 Å². The Balaban J connectivity index is 0. The monoisotopic (exact) mass is 1130 g/mol. The summed E-state index contributed by atoms with van der Waals surface area (Å²) in [4.78, 5) is 103. The third kappa shape index (κ3) is 44.3. The first-order valence-corrected chi connectivity index (χ1v) is 30.2. The third-order valence-corrected chi connectivity index (χ3v) is 14.8. The maximum absolute atomic E-state index is 13.1. The molecule has 2 amide bonds. The second-order valence-electron chi connectivity index (χ2n) is 22.0. The predicted octanol–water partition coefficient (Wildman–Crippen LogP) is 2.73. The van der Waals surface area contributed by atoms with E-state index in [9.17, 15) is 48.6 Å². The summed E-state index contributed by atoms with van der Waals surface area (Å²) >= 11 is 0. The smallest absolute Gasteiger partial charge is 0.549 e. The summed E-state index contributed by atoms with van der Waals surface area (Å²) in [6.45, 7) is 12.9. The number of nitrogens with one attached hydrogen (secondary N) is 1. The summed E-state index contributed by atoms with van der Waals surface area (Å²) in [5.41, 5.74) is 0. The number of morpholine rings is 2. The summed E-state index contributed by atoms with van der Waals surface area (Å²) in [5.74, 6) is -5.38. The topological polar surface area (TPSA) is 233 Å². The van der Waals surface area contributed by atoms with E-state index in [4.69, 9.17) is 0 Å². The van der Waals surface area contributed by atoms with Crippen molar-refractivity contribution in [1.82, 2.24) is 34.7 Å². The first kappa shape index (κ1) is 78.0. The van der Waals surface area contributed by atoms with E-state index in [1.165, 1.54) is 145 Å². The van der Waals surface area contributed by atoms with Crippen LogP contribution in [0.2, 0.25) is 0 Å². The molecule has 2 rings (SSSR count). The van der Waals surface area contributed by atoms with Gasteiger partial charge in [-0.2, -0.15) is 0 Å². The van der Waals surface area contributed by atoms with E-state index in [0.29, 0.717) is 19.1 Å². The van der Waals surface area contributed by atoms with Crippen molar-refractivity contribution in [2.75, 3.05) is 99.7 Å². The molecule has 0 saturated carbocycles. The van der Waals surface area contributed by atoms with Crippen molar-refractivity contribution < 1.29 is 87.6 Å². The molecule has 2 aliphatic rings. The van der Waals surface area contributed by atoms with Crippen molar-refractivity contribution in [3.05, 3.63) is 0 Å². The summed E-state index contributed by atoms with van der Waals surface area (Å²) in [6, 6.07) is 0.746. The molecule has 2 aliphatic heterocycles. The van der Waals surface area contributed by atoms with Gasteiger partial charge in [-0.05, 0) is 47.1 Å². The Hall–Kier alpha value is -3.04. The minimum absolute atomic E-state index is 0. The zero-order valence-corrected chi connectivity index (χ0v) is 53.4. The molecule has 2 heterocycles. The maximum atomic E-state index is 13.1. The number of likely N-dealkylation sites (N-methyl/N-ethyl adjacent to an activating group) is 2. The number of aliphatic carboxylic acids is 2. The number of carbonyl (C=O) groups is 8. The van der Waals surface area contributed by atoms with Gasteiger partial charge in [0.05, 0.1) is 51.2 Å². The van der Waals surface area contributed by atoms with Gasteiger partial charge in [-0.15, -0.1) is 0 Å². The normalized spacial score (nSPS) is 15.0. The number of amides is 2. The second kappa shape index (κ2) is 50.7. The van der Waals surface area contributed by atoms with Crippen LogP contribution >= 0.6 is 0 Å². The molecule has 20 heteroatoms. The van der Waals surface area contributed by atoms with E-state index < -0.39 is 48.9 Å². The van der Waals surface area contributed by atoms with Crippen LogP contribution in [-0.4, -0.2) is 195 Å². The Morgan fingerprint density at radius 3 is 1.00 bits per heavy atom. The molecule has 0 aliphatic carbocycles. The predicted molar refractivity (Wildman–Crippen MR) is 303 cm³/mol. The Labute approximate surface area is 500 Å². The largest absolute Gasteiger partial charge is 1.00 e. The van der Waals surface area contributed by atoms with Crippen LogP contribution in [0.5, 0.6) is 0 Å². The van der Waals surface area contributed by atoms with E-state index in [2.05, 4.69) is 49.5 Å². The zero-order chi connectivity index (χ0) is 58.5. The van der Waals surface area contributed by atoms with Crippen LogP contribution in [0.4, 0.5) is 0 Å². The van der Waals surface area contributed by atoms with Gasteiger partial charge in [0.15, 0.2) is 0 Å². The van der Waals surface area contributed by atoms with Crippen molar-refractivity contribution in [1.29, 1.82) is 0 Å². The average molecular weight is 1130 g/mol. The fraction of sp³-hybridized carbons (Fsp3) is 0.864. The molecule has 79 heavy (non-hydrogen) atoms. The van der Waals surface area contributed by atoms with Gasteiger partial charge in [-0.1, -0.05) is 175 Å². The molecule has 19 nitrogen and oxygen atoms in total. The number of hydrogen-bond donors (Lipinski definition) is 1. The molecule has 2 fully saturated rings. The van der Waals surface area contributed by atoms with Gasteiger partial charge in [-0.25, -0.2) is 0 Å². The number of carboxylic acids is 2. The Bertz CT molecular complexity index is 1530. The van der Waals surface area contributed by atoms with Crippen LogP contribution in [0.3, 0.4) is 0 Å². The van der Waals surface area contributed by atoms with Crippen molar-refractivity contribution in [2.45, 2.75) is 233 Å².